The lowest BCUT2D eigenvalue weighted by Gasteiger charge is -2.46. The highest BCUT2D eigenvalue weighted by Crippen LogP contribution is 2.21. The Hall–Kier alpha value is -0.120. The predicted octanol–water partition coefficient (Wildman–Crippen LogP) is 2.26. The van der Waals surface area contributed by atoms with Gasteiger partial charge in [-0.05, 0) is 41.0 Å². The predicted molar refractivity (Wildman–Crippen MR) is 73.4 cm³/mol. The SMILES string of the molecule is CCC(C)(C)NCC(C)N1CCOCC1(C)C. The van der Waals surface area contributed by atoms with Gasteiger partial charge in [-0.2, -0.15) is 0 Å². The van der Waals surface area contributed by atoms with Gasteiger partial charge in [-0.1, -0.05) is 6.92 Å². The van der Waals surface area contributed by atoms with Crippen LogP contribution in [0.2, 0.25) is 0 Å². The molecule has 0 aliphatic carbocycles. The molecule has 0 saturated carbocycles. The quantitative estimate of drug-likeness (QED) is 0.800. The van der Waals surface area contributed by atoms with E-state index >= 15 is 0 Å². The van der Waals surface area contributed by atoms with Crippen molar-refractivity contribution in [3.8, 4) is 0 Å². The van der Waals surface area contributed by atoms with Gasteiger partial charge < -0.3 is 10.1 Å². The highest BCUT2D eigenvalue weighted by molar-refractivity contribution is 4.89. The van der Waals surface area contributed by atoms with E-state index in [2.05, 4.69) is 51.8 Å². The van der Waals surface area contributed by atoms with Crippen molar-refractivity contribution in [1.29, 1.82) is 0 Å². The van der Waals surface area contributed by atoms with Crippen molar-refractivity contribution < 1.29 is 4.74 Å². The second kappa shape index (κ2) is 5.68. The summed E-state index contributed by atoms with van der Waals surface area (Å²) >= 11 is 0. The van der Waals surface area contributed by atoms with Gasteiger partial charge >= 0.3 is 0 Å². The molecule has 0 radical (unpaired) electrons. The lowest BCUT2D eigenvalue weighted by atomic mass is 9.98. The van der Waals surface area contributed by atoms with Crippen molar-refractivity contribution in [3.05, 3.63) is 0 Å². The fourth-order valence-electron chi connectivity index (χ4n) is 2.35. The van der Waals surface area contributed by atoms with E-state index in [-0.39, 0.29) is 11.1 Å². The minimum Gasteiger partial charge on any atom is -0.378 e. The average Bonchev–Trinajstić information content (AvgIpc) is 2.25. The Morgan fingerprint density at radius 2 is 2.06 bits per heavy atom. The topological polar surface area (TPSA) is 24.5 Å². The molecule has 17 heavy (non-hydrogen) atoms. The molecule has 1 heterocycles. The molecule has 1 aliphatic heterocycles. The van der Waals surface area contributed by atoms with E-state index in [1.54, 1.807) is 0 Å². The van der Waals surface area contributed by atoms with Crippen molar-refractivity contribution in [2.75, 3.05) is 26.3 Å². The summed E-state index contributed by atoms with van der Waals surface area (Å²) in [7, 11) is 0. The van der Waals surface area contributed by atoms with Crippen molar-refractivity contribution >= 4 is 0 Å². The van der Waals surface area contributed by atoms with Crippen LogP contribution in [0, 0.1) is 0 Å². The first kappa shape index (κ1) is 14.9. The van der Waals surface area contributed by atoms with E-state index in [0.29, 0.717) is 6.04 Å². The maximum absolute atomic E-state index is 5.57. The Bertz CT molecular complexity index is 238. The lowest BCUT2D eigenvalue weighted by Crippen LogP contribution is -2.59. The minimum absolute atomic E-state index is 0.162. The molecule has 0 aromatic carbocycles. The number of nitrogens with zero attached hydrogens (tertiary/aromatic N) is 1. The Morgan fingerprint density at radius 3 is 2.59 bits per heavy atom. The molecule has 1 aliphatic rings. The number of rotatable bonds is 5. The molecule has 1 rings (SSSR count). The number of ether oxygens (including phenoxy) is 1. The molecule has 0 amide bonds. The molecule has 1 N–H and O–H groups in total. The Morgan fingerprint density at radius 1 is 1.41 bits per heavy atom. The van der Waals surface area contributed by atoms with Crippen molar-refractivity contribution in [2.24, 2.45) is 0 Å². The van der Waals surface area contributed by atoms with Crippen LogP contribution in [0.1, 0.15) is 48.0 Å². The molecule has 0 spiro atoms. The van der Waals surface area contributed by atoms with Crippen LogP contribution in [0.3, 0.4) is 0 Å². The smallest absolute Gasteiger partial charge is 0.0645 e. The summed E-state index contributed by atoms with van der Waals surface area (Å²) in [5.41, 5.74) is 0.403. The second-order valence-corrected chi connectivity index (χ2v) is 6.53. The van der Waals surface area contributed by atoms with Crippen LogP contribution in [-0.4, -0.2) is 48.3 Å². The summed E-state index contributed by atoms with van der Waals surface area (Å²) in [5.74, 6) is 0. The number of hydrogen-bond acceptors (Lipinski definition) is 3. The largest absolute Gasteiger partial charge is 0.378 e. The first-order chi connectivity index (χ1) is 7.78. The molecule has 3 heteroatoms. The zero-order valence-electron chi connectivity index (χ0n) is 12.5. The lowest BCUT2D eigenvalue weighted by molar-refractivity contribution is -0.0689. The maximum atomic E-state index is 5.57. The van der Waals surface area contributed by atoms with Gasteiger partial charge in [0.2, 0.25) is 0 Å². The van der Waals surface area contributed by atoms with Gasteiger partial charge in [0, 0.05) is 30.2 Å². The second-order valence-electron chi connectivity index (χ2n) is 6.53. The average molecular weight is 242 g/mol. The minimum atomic E-state index is 0.162. The highest BCUT2D eigenvalue weighted by Gasteiger charge is 2.33. The molecular formula is C14H30N2O. The summed E-state index contributed by atoms with van der Waals surface area (Å²) in [5, 5.41) is 3.66. The van der Waals surface area contributed by atoms with Crippen LogP contribution in [0.15, 0.2) is 0 Å². The normalized spacial score (nSPS) is 23.6. The molecular weight excluding hydrogens is 212 g/mol. The summed E-state index contributed by atoms with van der Waals surface area (Å²) < 4.78 is 5.57. The molecule has 102 valence electrons. The molecule has 1 atom stereocenters. The molecule has 0 aromatic rings. The van der Waals surface area contributed by atoms with Gasteiger partial charge in [0.25, 0.3) is 0 Å². The van der Waals surface area contributed by atoms with Crippen LogP contribution < -0.4 is 5.32 Å². The summed E-state index contributed by atoms with van der Waals surface area (Å²) in [6.07, 6.45) is 1.16. The Balaban J connectivity index is 2.49. The number of hydrogen-bond donors (Lipinski definition) is 1. The van der Waals surface area contributed by atoms with E-state index in [0.717, 1.165) is 32.7 Å². The van der Waals surface area contributed by atoms with E-state index in [9.17, 15) is 0 Å². The van der Waals surface area contributed by atoms with Crippen LogP contribution in [-0.2, 0) is 4.74 Å². The molecule has 0 bridgehead atoms. The molecule has 0 aromatic heterocycles. The molecule has 3 nitrogen and oxygen atoms in total. The summed E-state index contributed by atoms with van der Waals surface area (Å²) in [6.45, 7) is 17.4. The van der Waals surface area contributed by atoms with E-state index in [1.165, 1.54) is 0 Å². The number of nitrogens with one attached hydrogen (secondary N) is 1. The van der Waals surface area contributed by atoms with E-state index in [4.69, 9.17) is 4.74 Å². The van der Waals surface area contributed by atoms with Crippen LogP contribution in [0.25, 0.3) is 0 Å². The third-order valence-corrected chi connectivity index (χ3v) is 4.00. The highest BCUT2D eigenvalue weighted by atomic mass is 16.5. The van der Waals surface area contributed by atoms with Gasteiger partial charge in [0.1, 0.15) is 0 Å². The number of morpholine rings is 1. The Kier molecular flexibility index (Phi) is 4.99. The third-order valence-electron chi connectivity index (χ3n) is 4.00. The third kappa shape index (κ3) is 4.23. The first-order valence-corrected chi connectivity index (χ1v) is 6.88. The van der Waals surface area contributed by atoms with Crippen molar-refractivity contribution in [2.45, 2.75) is 65.1 Å². The standard InChI is InChI=1S/C14H30N2O/c1-7-13(3,4)15-10-12(2)16-8-9-17-11-14(16,5)6/h12,15H,7-11H2,1-6H3. The fraction of sp³-hybridized carbons (Fsp3) is 1.00. The zero-order chi connectivity index (χ0) is 13.1. The van der Waals surface area contributed by atoms with Crippen LogP contribution >= 0.6 is 0 Å². The van der Waals surface area contributed by atoms with Crippen molar-refractivity contribution in [3.63, 3.8) is 0 Å². The van der Waals surface area contributed by atoms with Gasteiger partial charge in [0.15, 0.2) is 0 Å². The van der Waals surface area contributed by atoms with Crippen LogP contribution in [0.4, 0.5) is 0 Å². The monoisotopic (exact) mass is 242 g/mol. The zero-order valence-corrected chi connectivity index (χ0v) is 12.5. The van der Waals surface area contributed by atoms with E-state index < -0.39 is 0 Å². The van der Waals surface area contributed by atoms with Gasteiger partial charge in [-0.15, -0.1) is 0 Å². The summed E-state index contributed by atoms with van der Waals surface area (Å²) in [6, 6.07) is 0.555. The molecule has 1 unspecified atom stereocenters. The first-order valence-electron chi connectivity index (χ1n) is 6.88. The Labute approximate surface area is 107 Å². The van der Waals surface area contributed by atoms with Gasteiger partial charge in [0.05, 0.1) is 13.2 Å². The van der Waals surface area contributed by atoms with Crippen molar-refractivity contribution in [1.82, 2.24) is 10.2 Å². The summed E-state index contributed by atoms with van der Waals surface area (Å²) in [4.78, 5) is 2.56. The van der Waals surface area contributed by atoms with Crippen LogP contribution in [0.5, 0.6) is 0 Å². The molecule has 1 saturated heterocycles. The van der Waals surface area contributed by atoms with Gasteiger partial charge in [-0.25, -0.2) is 0 Å². The maximum Gasteiger partial charge on any atom is 0.0645 e. The van der Waals surface area contributed by atoms with E-state index in [1.807, 2.05) is 0 Å². The van der Waals surface area contributed by atoms with Gasteiger partial charge in [-0.3, -0.25) is 4.90 Å². The fourth-order valence-corrected chi connectivity index (χ4v) is 2.35. The molecule has 1 fully saturated rings.